The van der Waals surface area contributed by atoms with Crippen molar-refractivity contribution >= 4 is 39.8 Å². The molecule has 138 valence electrons. The molecule has 0 saturated heterocycles. The SMILES string of the molecule is CCNC(=NCc1ccc(OC)cc1OC)NCCS(C)(=O)=O.I. The molecule has 0 bridgehead atoms. The molecule has 0 aliphatic heterocycles. The Hall–Kier alpha value is -1.23. The minimum Gasteiger partial charge on any atom is -0.497 e. The topological polar surface area (TPSA) is 89.0 Å². The molecule has 2 N–H and O–H groups in total. The summed E-state index contributed by atoms with van der Waals surface area (Å²) in [6, 6.07) is 5.54. The van der Waals surface area contributed by atoms with Crippen LogP contribution < -0.4 is 20.1 Å². The van der Waals surface area contributed by atoms with Gasteiger partial charge in [0.15, 0.2) is 5.96 Å². The second kappa shape index (κ2) is 11.3. The maximum Gasteiger partial charge on any atom is 0.191 e. The average molecular weight is 471 g/mol. The molecule has 0 amide bonds. The Bertz CT molecular complexity index is 636. The Kier molecular flexibility index (Phi) is 10.8. The number of hydrogen-bond acceptors (Lipinski definition) is 5. The van der Waals surface area contributed by atoms with Gasteiger partial charge in [0.25, 0.3) is 0 Å². The molecule has 24 heavy (non-hydrogen) atoms. The van der Waals surface area contributed by atoms with Crippen LogP contribution in [-0.2, 0) is 16.4 Å². The van der Waals surface area contributed by atoms with Crippen molar-refractivity contribution in [2.24, 2.45) is 4.99 Å². The number of hydrogen-bond donors (Lipinski definition) is 2. The quantitative estimate of drug-likeness (QED) is 0.339. The third-order valence-corrected chi connectivity index (χ3v) is 3.96. The van der Waals surface area contributed by atoms with E-state index in [1.165, 1.54) is 6.26 Å². The van der Waals surface area contributed by atoms with Crippen LogP contribution in [0.5, 0.6) is 11.5 Å². The van der Waals surface area contributed by atoms with Crippen molar-refractivity contribution in [2.45, 2.75) is 13.5 Å². The molecule has 0 unspecified atom stereocenters. The van der Waals surface area contributed by atoms with E-state index in [2.05, 4.69) is 15.6 Å². The lowest BCUT2D eigenvalue weighted by atomic mass is 10.2. The zero-order valence-electron chi connectivity index (χ0n) is 14.5. The van der Waals surface area contributed by atoms with Crippen molar-refractivity contribution in [3.05, 3.63) is 23.8 Å². The average Bonchev–Trinajstić information content (AvgIpc) is 2.51. The predicted molar refractivity (Wildman–Crippen MR) is 107 cm³/mol. The van der Waals surface area contributed by atoms with E-state index in [9.17, 15) is 8.42 Å². The molecule has 7 nitrogen and oxygen atoms in total. The summed E-state index contributed by atoms with van der Waals surface area (Å²) in [5.74, 6) is 2.03. The van der Waals surface area contributed by atoms with Crippen molar-refractivity contribution in [1.82, 2.24) is 10.6 Å². The van der Waals surface area contributed by atoms with E-state index in [1.807, 2.05) is 19.1 Å². The monoisotopic (exact) mass is 471 g/mol. The van der Waals surface area contributed by atoms with E-state index in [4.69, 9.17) is 9.47 Å². The zero-order chi connectivity index (χ0) is 17.3. The fourth-order valence-corrected chi connectivity index (χ4v) is 2.32. The molecule has 0 atom stereocenters. The molecular weight excluding hydrogens is 445 g/mol. The summed E-state index contributed by atoms with van der Waals surface area (Å²) in [6.45, 7) is 3.35. The molecule has 0 fully saturated rings. The molecular formula is C15H26IN3O4S. The lowest BCUT2D eigenvalue weighted by Crippen LogP contribution is -2.39. The van der Waals surface area contributed by atoms with E-state index in [0.29, 0.717) is 37.1 Å². The Morgan fingerprint density at radius 2 is 1.92 bits per heavy atom. The van der Waals surface area contributed by atoms with Crippen molar-refractivity contribution in [2.75, 3.05) is 39.3 Å². The van der Waals surface area contributed by atoms with Gasteiger partial charge < -0.3 is 20.1 Å². The molecule has 0 aromatic heterocycles. The van der Waals surface area contributed by atoms with E-state index in [-0.39, 0.29) is 29.7 Å². The summed E-state index contributed by atoms with van der Waals surface area (Å²) in [7, 11) is 0.194. The van der Waals surface area contributed by atoms with Crippen LogP contribution in [0.4, 0.5) is 0 Å². The van der Waals surface area contributed by atoms with Gasteiger partial charge in [0.05, 0.1) is 26.5 Å². The van der Waals surface area contributed by atoms with E-state index in [1.54, 1.807) is 20.3 Å². The standard InChI is InChI=1S/C15H25N3O4S.HI/c1-5-16-15(17-8-9-23(4,19)20)18-11-12-6-7-13(21-2)10-14(12)22-3;/h6-7,10H,5,8-9,11H2,1-4H3,(H2,16,17,18);1H. The van der Waals surface area contributed by atoms with Gasteiger partial charge in [-0.15, -0.1) is 24.0 Å². The molecule has 1 aromatic carbocycles. The zero-order valence-corrected chi connectivity index (χ0v) is 17.6. The smallest absolute Gasteiger partial charge is 0.191 e. The molecule has 1 aromatic rings. The highest BCUT2D eigenvalue weighted by molar-refractivity contribution is 14.0. The number of guanidine groups is 1. The van der Waals surface area contributed by atoms with Gasteiger partial charge in [-0.05, 0) is 19.1 Å². The normalized spacial score (nSPS) is 11.4. The van der Waals surface area contributed by atoms with Gasteiger partial charge in [-0.3, -0.25) is 0 Å². The summed E-state index contributed by atoms with van der Waals surface area (Å²) in [5.41, 5.74) is 0.911. The van der Waals surface area contributed by atoms with E-state index in [0.717, 1.165) is 5.56 Å². The van der Waals surface area contributed by atoms with Crippen LogP contribution in [0.1, 0.15) is 12.5 Å². The fraction of sp³-hybridized carbons (Fsp3) is 0.533. The van der Waals surface area contributed by atoms with Crippen LogP contribution >= 0.6 is 24.0 Å². The van der Waals surface area contributed by atoms with Crippen molar-refractivity contribution < 1.29 is 17.9 Å². The van der Waals surface area contributed by atoms with Gasteiger partial charge in [-0.25, -0.2) is 13.4 Å². The van der Waals surface area contributed by atoms with Crippen LogP contribution in [0, 0.1) is 0 Å². The van der Waals surface area contributed by atoms with Crippen molar-refractivity contribution in [3.63, 3.8) is 0 Å². The maximum atomic E-state index is 11.2. The first-order chi connectivity index (χ1) is 10.9. The second-order valence-corrected chi connectivity index (χ2v) is 7.19. The minimum atomic E-state index is -3.00. The molecule has 0 aliphatic carbocycles. The van der Waals surface area contributed by atoms with E-state index >= 15 is 0 Å². The maximum absolute atomic E-state index is 11.2. The number of aliphatic imine (C=N–C) groups is 1. The summed E-state index contributed by atoms with van der Waals surface area (Å²) < 4.78 is 32.8. The second-order valence-electron chi connectivity index (χ2n) is 4.93. The molecule has 0 radical (unpaired) electrons. The summed E-state index contributed by atoms with van der Waals surface area (Å²) in [6.07, 6.45) is 1.21. The number of nitrogens with one attached hydrogen (secondary N) is 2. The Morgan fingerprint density at radius 1 is 1.21 bits per heavy atom. The molecule has 0 spiro atoms. The van der Waals surface area contributed by atoms with Crippen molar-refractivity contribution in [3.8, 4) is 11.5 Å². The minimum absolute atomic E-state index is 0. The number of halogens is 1. The van der Waals surface area contributed by atoms with Gasteiger partial charge in [0.1, 0.15) is 21.3 Å². The van der Waals surface area contributed by atoms with Crippen LogP contribution in [0.25, 0.3) is 0 Å². The third-order valence-electron chi connectivity index (χ3n) is 3.01. The lowest BCUT2D eigenvalue weighted by Gasteiger charge is -2.12. The molecule has 1 rings (SSSR count). The van der Waals surface area contributed by atoms with Crippen LogP contribution in [0.15, 0.2) is 23.2 Å². The van der Waals surface area contributed by atoms with Crippen molar-refractivity contribution in [1.29, 1.82) is 0 Å². The number of rotatable bonds is 8. The summed E-state index contributed by atoms with van der Waals surface area (Å²) in [5, 5.41) is 6.08. The Labute approximate surface area is 161 Å². The highest BCUT2D eigenvalue weighted by atomic mass is 127. The fourth-order valence-electron chi connectivity index (χ4n) is 1.84. The first-order valence-corrected chi connectivity index (χ1v) is 9.36. The Balaban J connectivity index is 0.00000529. The number of benzene rings is 1. The summed E-state index contributed by atoms with van der Waals surface area (Å²) in [4.78, 5) is 4.45. The number of methoxy groups -OCH3 is 2. The molecule has 0 aliphatic rings. The highest BCUT2D eigenvalue weighted by Gasteiger charge is 2.06. The largest absolute Gasteiger partial charge is 0.497 e. The van der Waals surface area contributed by atoms with Gasteiger partial charge in [0.2, 0.25) is 0 Å². The van der Waals surface area contributed by atoms with E-state index < -0.39 is 9.84 Å². The van der Waals surface area contributed by atoms with Crippen LogP contribution in [0.3, 0.4) is 0 Å². The molecule has 0 heterocycles. The summed E-state index contributed by atoms with van der Waals surface area (Å²) >= 11 is 0. The number of sulfone groups is 1. The van der Waals surface area contributed by atoms with Gasteiger partial charge in [-0.1, -0.05) is 0 Å². The van der Waals surface area contributed by atoms with Gasteiger partial charge in [-0.2, -0.15) is 0 Å². The lowest BCUT2D eigenvalue weighted by molar-refractivity contribution is 0.391. The highest BCUT2D eigenvalue weighted by Crippen LogP contribution is 2.25. The first-order valence-electron chi connectivity index (χ1n) is 7.30. The number of nitrogens with zero attached hydrogens (tertiary/aromatic N) is 1. The predicted octanol–water partition coefficient (Wildman–Crippen LogP) is 1.42. The molecule has 9 heteroatoms. The van der Waals surface area contributed by atoms with Crippen LogP contribution in [0.2, 0.25) is 0 Å². The molecule has 0 saturated carbocycles. The first kappa shape index (κ1) is 22.8. The van der Waals surface area contributed by atoms with Gasteiger partial charge in [0, 0.05) is 31.0 Å². The van der Waals surface area contributed by atoms with Gasteiger partial charge >= 0.3 is 0 Å². The number of ether oxygens (including phenoxy) is 2. The third kappa shape index (κ3) is 8.57. The van der Waals surface area contributed by atoms with Crippen LogP contribution in [-0.4, -0.2) is 53.7 Å². The Morgan fingerprint density at radius 3 is 2.46 bits per heavy atom.